The molecule has 2 nitrogen and oxygen atoms in total. The summed E-state index contributed by atoms with van der Waals surface area (Å²) in [5, 5.41) is 9.78. The molecule has 0 heterocycles. The second-order valence-corrected chi connectivity index (χ2v) is 4.12. The van der Waals surface area contributed by atoms with E-state index in [-0.39, 0.29) is 6.10 Å². The number of hydrogen-bond donors (Lipinski definition) is 1. The maximum Gasteiger partial charge on any atom is 0.0870 e. The van der Waals surface area contributed by atoms with Crippen LogP contribution in [0.3, 0.4) is 0 Å². The minimum atomic E-state index is -0.387. The fourth-order valence-electron chi connectivity index (χ4n) is 1.29. The van der Waals surface area contributed by atoms with Gasteiger partial charge in [0, 0.05) is 11.9 Å². The molecule has 1 aromatic carbocycles. The number of hydrogen-bond acceptors (Lipinski definition) is 2. The van der Waals surface area contributed by atoms with Crippen LogP contribution in [0.25, 0.3) is 0 Å². The van der Waals surface area contributed by atoms with Crippen LogP contribution in [0.2, 0.25) is 0 Å². The van der Waals surface area contributed by atoms with Gasteiger partial charge in [0.2, 0.25) is 0 Å². The van der Waals surface area contributed by atoms with Crippen molar-refractivity contribution in [2.75, 3.05) is 18.5 Å². The van der Waals surface area contributed by atoms with E-state index in [2.05, 4.69) is 28.1 Å². The van der Waals surface area contributed by atoms with Gasteiger partial charge in [-0.1, -0.05) is 46.3 Å². The first kappa shape index (κ1) is 12.7. The minimum Gasteiger partial charge on any atom is -0.390 e. The molecule has 0 saturated carbocycles. The molecule has 3 heteroatoms. The summed E-state index contributed by atoms with van der Waals surface area (Å²) in [6, 6.07) is 10.3. The summed E-state index contributed by atoms with van der Waals surface area (Å²) in [7, 11) is 0. The summed E-state index contributed by atoms with van der Waals surface area (Å²) in [5.41, 5.74) is 1.34. The van der Waals surface area contributed by atoms with E-state index in [0.29, 0.717) is 18.5 Å². The highest BCUT2D eigenvalue weighted by atomic mass is 79.9. The van der Waals surface area contributed by atoms with Crippen LogP contribution in [0, 0.1) is 0 Å². The van der Waals surface area contributed by atoms with Gasteiger partial charge in [-0.05, 0) is 18.4 Å². The maximum absolute atomic E-state index is 9.20. The molecule has 1 atom stereocenters. The Morgan fingerprint density at radius 2 is 2.00 bits per heavy atom. The normalized spacial score (nSPS) is 12.7. The van der Waals surface area contributed by atoms with Gasteiger partial charge < -0.3 is 9.84 Å². The van der Waals surface area contributed by atoms with Gasteiger partial charge in [0.1, 0.15) is 0 Å². The molecule has 0 saturated heterocycles. The van der Waals surface area contributed by atoms with Crippen LogP contribution in [-0.4, -0.2) is 29.8 Å². The Hall–Kier alpha value is -0.380. The molecule has 1 aromatic rings. The fourth-order valence-corrected chi connectivity index (χ4v) is 1.47. The van der Waals surface area contributed by atoms with Crippen LogP contribution >= 0.6 is 15.9 Å². The second kappa shape index (κ2) is 7.85. The van der Waals surface area contributed by atoms with Crippen LogP contribution in [0.1, 0.15) is 12.0 Å². The zero-order valence-electron chi connectivity index (χ0n) is 8.73. The van der Waals surface area contributed by atoms with Crippen molar-refractivity contribution < 1.29 is 9.84 Å². The van der Waals surface area contributed by atoms with Gasteiger partial charge in [-0.3, -0.25) is 0 Å². The maximum atomic E-state index is 9.20. The molecule has 0 spiro atoms. The molecule has 0 aliphatic carbocycles. The quantitative estimate of drug-likeness (QED) is 0.610. The number of ether oxygens (including phenoxy) is 1. The third-order valence-corrected chi connectivity index (χ3v) is 2.83. The zero-order valence-corrected chi connectivity index (χ0v) is 10.3. The van der Waals surface area contributed by atoms with Gasteiger partial charge in [-0.25, -0.2) is 0 Å². The summed E-state index contributed by atoms with van der Waals surface area (Å²) in [6.07, 6.45) is 1.64. The molecular weight excluding hydrogens is 256 g/mol. The lowest BCUT2D eigenvalue weighted by atomic mass is 10.1. The lowest BCUT2D eigenvalue weighted by molar-refractivity contribution is 0.0482. The van der Waals surface area contributed by atoms with Gasteiger partial charge in [-0.15, -0.1) is 0 Å². The van der Waals surface area contributed by atoms with Crippen LogP contribution in [0.5, 0.6) is 0 Å². The topological polar surface area (TPSA) is 29.5 Å². The largest absolute Gasteiger partial charge is 0.390 e. The van der Waals surface area contributed by atoms with Crippen LogP contribution in [-0.2, 0) is 11.2 Å². The average molecular weight is 273 g/mol. The monoisotopic (exact) mass is 272 g/mol. The van der Waals surface area contributed by atoms with E-state index in [1.807, 2.05) is 18.2 Å². The van der Waals surface area contributed by atoms with Crippen molar-refractivity contribution in [1.82, 2.24) is 0 Å². The molecule has 0 radical (unpaired) electrons. The Morgan fingerprint density at radius 3 is 2.67 bits per heavy atom. The summed E-state index contributed by atoms with van der Waals surface area (Å²) < 4.78 is 5.33. The van der Waals surface area contributed by atoms with Crippen molar-refractivity contribution in [2.24, 2.45) is 0 Å². The highest BCUT2D eigenvalue weighted by molar-refractivity contribution is 9.09. The Labute approximate surface area is 99.4 Å². The van der Waals surface area contributed by atoms with E-state index < -0.39 is 0 Å². The first-order valence-electron chi connectivity index (χ1n) is 5.18. The van der Waals surface area contributed by atoms with Crippen molar-refractivity contribution in [3.05, 3.63) is 35.9 Å². The van der Waals surface area contributed by atoms with Crippen LogP contribution < -0.4 is 0 Å². The highest BCUT2D eigenvalue weighted by Gasteiger charge is 2.00. The van der Waals surface area contributed by atoms with Gasteiger partial charge >= 0.3 is 0 Å². The summed E-state index contributed by atoms with van der Waals surface area (Å²) in [4.78, 5) is 0. The fraction of sp³-hybridized carbons (Fsp3) is 0.500. The first-order chi connectivity index (χ1) is 7.33. The van der Waals surface area contributed by atoms with Gasteiger partial charge in [0.05, 0.1) is 12.7 Å². The third-order valence-electron chi connectivity index (χ3n) is 2.09. The Kier molecular flexibility index (Phi) is 6.64. The molecule has 1 unspecified atom stereocenters. The van der Waals surface area contributed by atoms with Gasteiger partial charge in [0.15, 0.2) is 0 Å². The van der Waals surface area contributed by atoms with E-state index >= 15 is 0 Å². The standard InChI is InChI=1S/C12H17BrO2/c13-9-12(14)10-15-8-4-7-11-5-2-1-3-6-11/h1-3,5-6,12,14H,4,7-10H2. The first-order valence-corrected chi connectivity index (χ1v) is 6.31. The van der Waals surface area contributed by atoms with Crippen LogP contribution in [0.15, 0.2) is 30.3 Å². The number of rotatable bonds is 7. The molecule has 1 rings (SSSR count). The lowest BCUT2D eigenvalue weighted by Gasteiger charge is -2.07. The summed E-state index contributed by atoms with van der Waals surface area (Å²) in [5.74, 6) is 0. The van der Waals surface area contributed by atoms with E-state index in [0.717, 1.165) is 12.8 Å². The van der Waals surface area contributed by atoms with Crippen molar-refractivity contribution >= 4 is 15.9 Å². The van der Waals surface area contributed by atoms with Crippen molar-refractivity contribution in [1.29, 1.82) is 0 Å². The van der Waals surface area contributed by atoms with E-state index in [1.54, 1.807) is 0 Å². The number of halogens is 1. The number of alkyl halides is 1. The number of aliphatic hydroxyl groups excluding tert-OH is 1. The molecule has 0 bridgehead atoms. The van der Waals surface area contributed by atoms with Crippen molar-refractivity contribution in [3.63, 3.8) is 0 Å². The van der Waals surface area contributed by atoms with E-state index in [1.165, 1.54) is 5.56 Å². The molecule has 0 aliphatic rings. The smallest absolute Gasteiger partial charge is 0.0870 e. The zero-order chi connectivity index (χ0) is 10.9. The Balaban J connectivity index is 2.03. The molecule has 0 aliphatic heterocycles. The van der Waals surface area contributed by atoms with Gasteiger partial charge in [0.25, 0.3) is 0 Å². The predicted octanol–water partition coefficient (Wildman–Crippen LogP) is 2.39. The number of aliphatic hydroxyl groups is 1. The van der Waals surface area contributed by atoms with Crippen LogP contribution in [0.4, 0.5) is 0 Å². The molecule has 1 N–H and O–H groups in total. The average Bonchev–Trinajstić information content (AvgIpc) is 2.29. The molecule has 0 aromatic heterocycles. The number of aryl methyl sites for hydroxylation is 1. The Bertz CT molecular complexity index is 251. The Morgan fingerprint density at radius 1 is 1.27 bits per heavy atom. The summed E-state index contributed by atoms with van der Waals surface area (Å²) in [6.45, 7) is 1.12. The molecule has 0 amide bonds. The minimum absolute atomic E-state index is 0.387. The predicted molar refractivity (Wildman–Crippen MR) is 65.4 cm³/mol. The SMILES string of the molecule is OC(CBr)COCCCc1ccccc1. The van der Waals surface area contributed by atoms with Crippen molar-refractivity contribution in [3.8, 4) is 0 Å². The molecule has 0 fully saturated rings. The number of benzene rings is 1. The lowest BCUT2D eigenvalue weighted by Crippen LogP contribution is -2.17. The molecular formula is C12H17BrO2. The molecule has 15 heavy (non-hydrogen) atoms. The van der Waals surface area contributed by atoms with Crippen molar-refractivity contribution in [2.45, 2.75) is 18.9 Å². The highest BCUT2D eigenvalue weighted by Crippen LogP contribution is 2.02. The summed E-state index contributed by atoms with van der Waals surface area (Å²) >= 11 is 3.19. The second-order valence-electron chi connectivity index (χ2n) is 3.47. The third kappa shape index (κ3) is 5.92. The van der Waals surface area contributed by atoms with E-state index in [4.69, 9.17) is 4.74 Å². The molecule has 84 valence electrons. The van der Waals surface area contributed by atoms with Gasteiger partial charge in [-0.2, -0.15) is 0 Å². The van der Waals surface area contributed by atoms with E-state index in [9.17, 15) is 5.11 Å².